The first kappa shape index (κ1) is 7.15. The van der Waals surface area contributed by atoms with Crippen molar-refractivity contribution in [2.24, 2.45) is 0 Å². The second-order valence-electron chi connectivity index (χ2n) is 1.87. The van der Waals surface area contributed by atoms with Gasteiger partial charge < -0.3 is 17.1 Å². The summed E-state index contributed by atoms with van der Waals surface area (Å²) in [6.45, 7) is 0.678. The van der Waals surface area contributed by atoms with Crippen LogP contribution in [-0.4, -0.2) is 11.7 Å². The fourth-order valence-corrected chi connectivity index (χ4v) is 0.849. The van der Waals surface area contributed by atoms with Crippen molar-refractivity contribution in [2.75, 3.05) is 6.61 Å². The normalized spacial score (nSPS) is 13.2. The molecular formula is C6H7ClN2O. The molecule has 3 nitrogen and oxygen atoms in total. The summed E-state index contributed by atoms with van der Waals surface area (Å²) in [5.74, 6) is 0.873. The largest absolute Gasteiger partial charge is 1.00 e. The Hall–Kier alpha value is -0.960. The minimum absolute atomic E-state index is 0. The molecule has 0 aromatic carbocycles. The van der Waals surface area contributed by atoms with Gasteiger partial charge in [0.2, 0.25) is 6.20 Å². The van der Waals surface area contributed by atoms with E-state index in [4.69, 9.17) is 4.74 Å². The maximum atomic E-state index is 5.21. The van der Waals surface area contributed by atoms with Crippen LogP contribution in [0.15, 0.2) is 18.3 Å². The Morgan fingerprint density at radius 3 is 3.30 bits per heavy atom. The Balaban J connectivity index is 0.000000500. The van der Waals surface area contributed by atoms with Gasteiger partial charge in [0.15, 0.2) is 0 Å². The summed E-state index contributed by atoms with van der Waals surface area (Å²) in [6, 6.07) is 1.89. The molecule has 0 fully saturated rings. The van der Waals surface area contributed by atoms with Crippen LogP contribution in [0.3, 0.4) is 0 Å². The zero-order valence-electron chi connectivity index (χ0n) is 5.25. The minimum atomic E-state index is 0. The van der Waals surface area contributed by atoms with E-state index in [1.54, 1.807) is 0 Å². The Bertz CT molecular complexity index is 244. The van der Waals surface area contributed by atoms with E-state index in [-0.39, 0.29) is 12.4 Å². The minimum Gasteiger partial charge on any atom is -1.00 e. The van der Waals surface area contributed by atoms with Crippen LogP contribution in [-0.2, 0) is 0 Å². The molecule has 1 aliphatic rings. The van der Waals surface area contributed by atoms with E-state index in [9.17, 15) is 0 Å². The molecule has 0 unspecified atom stereocenters. The Kier molecular flexibility index (Phi) is 1.97. The standard InChI is InChI=1S/C6H6N2O.ClH/c1-4-8-6(9-5-1)2-3-7-8;/h1-4H,5H2;1H. The number of nitrogens with zero attached hydrogens (tertiary/aromatic N) is 1. The summed E-state index contributed by atoms with van der Waals surface area (Å²) in [5, 5.41) is 2.96. The predicted octanol–water partition coefficient (Wildman–Crippen LogP) is -2.83. The summed E-state index contributed by atoms with van der Waals surface area (Å²) in [6.07, 6.45) is 5.73. The number of hydrogen-bond donors (Lipinski definition) is 1. The van der Waals surface area contributed by atoms with Crippen molar-refractivity contribution in [3.05, 3.63) is 18.3 Å². The molecule has 0 radical (unpaired) electrons. The van der Waals surface area contributed by atoms with Crippen LogP contribution in [0.25, 0.3) is 6.20 Å². The number of hydrogen-bond acceptors (Lipinski definition) is 1. The van der Waals surface area contributed by atoms with Crippen LogP contribution in [0.2, 0.25) is 0 Å². The third kappa shape index (κ3) is 0.998. The maximum absolute atomic E-state index is 5.21. The number of fused-ring (bicyclic) bond motifs is 1. The topological polar surface area (TPSA) is 28.9 Å². The summed E-state index contributed by atoms with van der Waals surface area (Å²) < 4.78 is 7.03. The Morgan fingerprint density at radius 1 is 1.60 bits per heavy atom. The third-order valence-corrected chi connectivity index (χ3v) is 1.26. The molecule has 1 aromatic heterocycles. The van der Waals surface area contributed by atoms with Gasteiger partial charge in [-0.15, -0.1) is 0 Å². The smallest absolute Gasteiger partial charge is 0.398 e. The van der Waals surface area contributed by atoms with Gasteiger partial charge in [0.05, 0.1) is 12.3 Å². The number of aromatic amines is 1. The number of rotatable bonds is 0. The molecule has 0 bridgehead atoms. The molecule has 1 N–H and O–H groups in total. The fourth-order valence-electron chi connectivity index (χ4n) is 0.849. The monoisotopic (exact) mass is 158 g/mol. The molecule has 54 valence electrons. The molecule has 4 heteroatoms. The second-order valence-corrected chi connectivity index (χ2v) is 1.87. The highest BCUT2D eigenvalue weighted by molar-refractivity contribution is 5.14. The van der Waals surface area contributed by atoms with E-state index in [2.05, 4.69) is 5.10 Å². The van der Waals surface area contributed by atoms with Crippen LogP contribution in [0.1, 0.15) is 0 Å². The fraction of sp³-hybridized carbons (Fsp3) is 0.167. The molecule has 0 amide bonds. The van der Waals surface area contributed by atoms with Gasteiger partial charge in [-0.25, -0.2) is 0 Å². The van der Waals surface area contributed by atoms with Crippen LogP contribution < -0.4 is 21.8 Å². The van der Waals surface area contributed by atoms with Crippen molar-refractivity contribution in [3.8, 4) is 5.88 Å². The zero-order chi connectivity index (χ0) is 6.10. The molecule has 0 saturated carbocycles. The molecule has 1 aliphatic heterocycles. The van der Waals surface area contributed by atoms with Crippen molar-refractivity contribution in [1.82, 2.24) is 5.10 Å². The summed E-state index contributed by atoms with van der Waals surface area (Å²) >= 11 is 0. The average molecular weight is 159 g/mol. The predicted molar refractivity (Wildman–Crippen MR) is 31.8 cm³/mol. The van der Waals surface area contributed by atoms with E-state index in [0.29, 0.717) is 6.61 Å². The van der Waals surface area contributed by atoms with Gasteiger partial charge in [-0.2, -0.15) is 5.10 Å². The molecule has 0 atom stereocenters. The summed E-state index contributed by atoms with van der Waals surface area (Å²) in [4.78, 5) is 0. The third-order valence-electron chi connectivity index (χ3n) is 1.26. The van der Waals surface area contributed by atoms with E-state index in [1.165, 1.54) is 0 Å². The van der Waals surface area contributed by atoms with Gasteiger partial charge in [-0.05, 0) is 4.68 Å². The van der Waals surface area contributed by atoms with E-state index in [1.807, 2.05) is 29.2 Å². The van der Waals surface area contributed by atoms with Gasteiger partial charge in [0, 0.05) is 6.08 Å². The lowest BCUT2D eigenvalue weighted by Crippen LogP contribution is -3.00. The van der Waals surface area contributed by atoms with Crippen LogP contribution in [0, 0.1) is 0 Å². The average Bonchev–Trinajstić information content (AvgIpc) is 2.33. The summed E-state index contributed by atoms with van der Waals surface area (Å²) in [5.41, 5.74) is 0. The summed E-state index contributed by atoms with van der Waals surface area (Å²) in [7, 11) is 0. The lowest BCUT2D eigenvalue weighted by molar-refractivity contribution is -0.638. The Labute approximate surface area is 64.7 Å². The van der Waals surface area contributed by atoms with Crippen molar-refractivity contribution < 1.29 is 21.8 Å². The van der Waals surface area contributed by atoms with Crippen molar-refractivity contribution in [3.63, 3.8) is 0 Å². The number of nitrogens with one attached hydrogen (secondary N) is 1. The number of aromatic nitrogens is 2. The first-order chi connectivity index (χ1) is 4.47. The molecule has 0 saturated heterocycles. The first-order valence-electron chi connectivity index (χ1n) is 2.85. The molecule has 0 aliphatic carbocycles. The Morgan fingerprint density at radius 2 is 2.50 bits per heavy atom. The number of ether oxygens (including phenoxy) is 1. The van der Waals surface area contributed by atoms with Crippen LogP contribution in [0.5, 0.6) is 5.88 Å². The first-order valence-corrected chi connectivity index (χ1v) is 2.85. The molecular weight excluding hydrogens is 152 g/mol. The van der Waals surface area contributed by atoms with Gasteiger partial charge in [-0.3, -0.25) is 0 Å². The van der Waals surface area contributed by atoms with E-state index in [0.717, 1.165) is 5.88 Å². The van der Waals surface area contributed by atoms with E-state index >= 15 is 0 Å². The highest BCUT2D eigenvalue weighted by Crippen LogP contribution is 2.03. The van der Waals surface area contributed by atoms with Gasteiger partial charge >= 0.3 is 5.88 Å². The lowest BCUT2D eigenvalue weighted by atomic mass is 10.6. The second kappa shape index (κ2) is 2.75. The van der Waals surface area contributed by atoms with Gasteiger partial charge in [0.25, 0.3) is 0 Å². The number of H-pyrrole nitrogens is 1. The van der Waals surface area contributed by atoms with Crippen molar-refractivity contribution in [2.45, 2.75) is 0 Å². The molecule has 1 aromatic rings. The number of halogens is 1. The zero-order valence-corrected chi connectivity index (χ0v) is 6.01. The van der Waals surface area contributed by atoms with E-state index < -0.39 is 0 Å². The molecule has 2 rings (SSSR count). The lowest BCUT2D eigenvalue weighted by Gasteiger charge is -1.97. The molecule has 2 heterocycles. The van der Waals surface area contributed by atoms with Gasteiger partial charge in [0.1, 0.15) is 6.61 Å². The highest BCUT2D eigenvalue weighted by Gasteiger charge is 2.12. The molecule has 0 spiro atoms. The highest BCUT2D eigenvalue weighted by atomic mass is 35.5. The molecule has 10 heavy (non-hydrogen) atoms. The maximum Gasteiger partial charge on any atom is 0.398 e. The SMILES string of the molecule is C1=C[n+]2[nH]ccc2OC1.[Cl-]. The van der Waals surface area contributed by atoms with Crippen LogP contribution >= 0.6 is 0 Å². The van der Waals surface area contributed by atoms with Crippen molar-refractivity contribution >= 4 is 6.20 Å². The quantitative estimate of drug-likeness (QED) is 0.406. The van der Waals surface area contributed by atoms with Gasteiger partial charge in [-0.1, -0.05) is 0 Å². The van der Waals surface area contributed by atoms with Crippen molar-refractivity contribution in [1.29, 1.82) is 0 Å². The van der Waals surface area contributed by atoms with Crippen LogP contribution in [0.4, 0.5) is 0 Å².